The van der Waals surface area contributed by atoms with E-state index in [0.717, 1.165) is 33.2 Å². The number of pyridine rings is 1. The summed E-state index contributed by atoms with van der Waals surface area (Å²) < 4.78 is 6.39. The standard InChI is InChI=1S/C27H23NO/c1-17(2)23-15-24(28-16-18(23)3)21-12-7-13-22-26-20(19-9-5-4-6-10-19)11-8-14-25(26)29-27(21)22/h4-17H,1-3H3. The maximum Gasteiger partial charge on any atom is 0.144 e. The molecule has 0 unspecified atom stereocenters. The molecule has 0 saturated carbocycles. The summed E-state index contributed by atoms with van der Waals surface area (Å²) in [5.74, 6) is 0.455. The van der Waals surface area contributed by atoms with Gasteiger partial charge in [0, 0.05) is 22.5 Å². The monoisotopic (exact) mass is 377 g/mol. The van der Waals surface area contributed by atoms with Crippen LogP contribution in [0.1, 0.15) is 30.9 Å². The third kappa shape index (κ3) is 2.92. The summed E-state index contributed by atoms with van der Waals surface area (Å²) in [5.41, 5.74) is 8.76. The lowest BCUT2D eigenvalue weighted by atomic mass is 9.96. The Morgan fingerprint density at radius 3 is 2.38 bits per heavy atom. The van der Waals surface area contributed by atoms with Crippen molar-refractivity contribution < 1.29 is 4.42 Å². The predicted molar refractivity (Wildman–Crippen MR) is 121 cm³/mol. The summed E-state index contributed by atoms with van der Waals surface area (Å²) in [7, 11) is 0. The number of aromatic nitrogens is 1. The van der Waals surface area contributed by atoms with Gasteiger partial charge in [0.05, 0.1) is 5.69 Å². The molecule has 2 heterocycles. The van der Waals surface area contributed by atoms with Gasteiger partial charge >= 0.3 is 0 Å². The average Bonchev–Trinajstić information content (AvgIpc) is 3.13. The van der Waals surface area contributed by atoms with Crippen molar-refractivity contribution in [2.45, 2.75) is 26.7 Å². The predicted octanol–water partition coefficient (Wildman–Crippen LogP) is 7.75. The average molecular weight is 377 g/mol. The van der Waals surface area contributed by atoms with Crippen LogP contribution in [0.5, 0.6) is 0 Å². The highest BCUT2D eigenvalue weighted by Crippen LogP contribution is 2.40. The zero-order valence-electron chi connectivity index (χ0n) is 16.9. The molecule has 0 spiro atoms. The van der Waals surface area contributed by atoms with Crippen LogP contribution < -0.4 is 0 Å². The number of nitrogens with zero attached hydrogens (tertiary/aromatic N) is 1. The van der Waals surface area contributed by atoms with Gasteiger partial charge in [-0.3, -0.25) is 4.98 Å². The smallest absolute Gasteiger partial charge is 0.144 e. The summed E-state index contributed by atoms with van der Waals surface area (Å²) in [5, 5.41) is 2.29. The first-order chi connectivity index (χ1) is 14.1. The van der Waals surface area contributed by atoms with Crippen LogP contribution in [-0.2, 0) is 0 Å². The second-order valence-corrected chi connectivity index (χ2v) is 7.91. The van der Waals surface area contributed by atoms with Crippen LogP contribution >= 0.6 is 0 Å². The summed E-state index contributed by atoms with van der Waals surface area (Å²) in [6, 6.07) is 25.3. The fourth-order valence-corrected chi connectivity index (χ4v) is 4.22. The lowest BCUT2D eigenvalue weighted by molar-refractivity contribution is 0.670. The number of fused-ring (bicyclic) bond motifs is 3. The van der Waals surface area contributed by atoms with Crippen molar-refractivity contribution in [2.75, 3.05) is 0 Å². The van der Waals surface area contributed by atoms with E-state index in [4.69, 9.17) is 9.40 Å². The summed E-state index contributed by atoms with van der Waals surface area (Å²) in [6.45, 7) is 6.57. The molecular weight excluding hydrogens is 354 g/mol. The largest absolute Gasteiger partial charge is 0.455 e. The molecule has 0 aliphatic heterocycles. The molecule has 0 amide bonds. The summed E-state index contributed by atoms with van der Waals surface area (Å²) in [6.07, 6.45) is 1.97. The second kappa shape index (κ2) is 6.89. The zero-order valence-corrected chi connectivity index (χ0v) is 16.9. The van der Waals surface area contributed by atoms with Crippen LogP contribution in [-0.4, -0.2) is 4.98 Å². The molecule has 0 aliphatic rings. The molecule has 0 N–H and O–H groups in total. The minimum Gasteiger partial charge on any atom is -0.455 e. The Morgan fingerprint density at radius 1 is 0.828 bits per heavy atom. The van der Waals surface area contributed by atoms with Crippen molar-refractivity contribution in [3.8, 4) is 22.4 Å². The third-order valence-electron chi connectivity index (χ3n) is 5.65. The molecule has 0 radical (unpaired) electrons. The molecule has 3 aromatic carbocycles. The van der Waals surface area contributed by atoms with Crippen LogP contribution in [0.2, 0.25) is 0 Å². The van der Waals surface area contributed by atoms with Gasteiger partial charge in [-0.2, -0.15) is 0 Å². The molecule has 0 atom stereocenters. The van der Waals surface area contributed by atoms with Crippen LogP contribution in [0.15, 0.2) is 83.4 Å². The van der Waals surface area contributed by atoms with E-state index in [2.05, 4.69) is 81.4 Å². The van der Waals surface area contributed by atoms with Crippen molar-refractivity contribution in [2.24, 2.45) is 0 Å². The molecule has 29 heavy (non-hydrogen) atoms. The Labute approximate surface area is 170 Å². The van der Waals surface area contributed by atoms with Crippen LogP contribution in [0.25, 0.3) is 44.3 Å². The van der Waals surface area contributed by atoms with Crippen LogP contribution in [0.4, 0.5) is 0 Å². The van der Waals surface area contributed by atoms with Gasteiger partial charge < -0.3 is 4.42 Å². The Kier molecular flexibility index (Phi) is 4.21. The van der Waals surface area contributed by atoms with Crippen LogP contribution in [0, 0.1) is 6.92 Å². The number of rotatable bonds is 3. The maximum absolute atomic E-state index is 6.39. The van der Waals surface area contributed by atoms with E-state index in [1.807, 2.05) is 18.3 Å². The lowest BCUT2D eigenvalue weighted by Gasteiger charge is -2.11. The van der Waals surface area contributed by atoms with Crippen molar-refractivity contribution in [1.29, 1.82) is 0 Å². The number of furan rings is 1. The molecular formula is C27H23NO. The fraction of sp³-hybridized carbons (Fsp3) is 0.148. The lowest BCUT2D eigenvalue weighted by Crippen LogP contribution is -1.95. The zero-order chi connectivity index (χ0) is 20.0. The van der Waals surface area contributed by atoms with Gasteiger partial charge in [0.15, 0.2) is 0 Å². The van der Waals surface area contributed by atoms with E-state index < -0.39 is 0 Å². The van der Waals surface area contributed by atoms with E-state index in [1.165, 1.54) is 22.3 Å². The molecule has 0 aliphatic carbocycles. The van der Waals surface area contributed by atoms with Gasteiger partial charge in [-0.1, -0.05) is 68.4 Å². The topological polar surface area (TPSA) is 26.0 Å². The third-order valence-corrected chi connectivity index (χ3v) is 5.65. The van der Waals surface area contributed by atoms with Crippen LogP contribution in [0.3, 0.4) is 0 Å². The van der Waals surface area contributed by atoms with Gasteiger partial charge in [0.2, 0.25) is 0 Å². The Morgan fingerprint density at radius 2 is 1.59 bits per heavy atom. The molecule has 0 fully saturated rings. The van der Waals surface area contributed by atoms with Gasteiger partial charge in [-0.25, -0.2) is 0 Å². The van der Waals surface area contributed by atoms with Crippen molar-refractivity contribution in [3.05, 3.63) is 90.1 Å². The van der Waals surface area contributed by atoms with Gasteiger partial charge in [-0.05, 0) is 53.3 Å². The molecule has 5 aromatic rings. The van der Waals surface area contributed by atoms with Crippen molar-refractivity contribution >= 4 is 21.9 Å². The highest BCUT2D eigenvalue weighted by molar-refractivity contribution is 6.15. The number of benzene rings is 3. The Bertz CT molecular complexity index is 1330. The van der Waals surface area contributed by atoms with Gasteiger partial charge in [0.1, 0.15) is 11.2 Å². The highest BCUT2D eigenvalue weighted by Gasteiger charge is 2.17. The molecule has 5 rings (SSSR count). The number of hydrogen-bond acceptors (Lipinski definition) is 2. The minimum absolute atomic E-state index is 0.455. The fourth-order valence-electron chi connectivity index (χ4n) is 4.22. The molecule has 0 saturated heterocycles. The SMILES string of the molecule is Cc1cnc(-c2cccc3c2oc2cccc(-c4ccccc4)c23)cc1C(C)C. The Hall–Kier alpha value is -3.39. The first-order valence-electron chi connectivity index (χ1n) is 10.1. The molecule has 0 bridgehead atoms. The number of hydrogen-bond donors (Lipinski definition) is 0. The first kappa shape index (κ1) is 17.7. The van der Waals surface area contributed by atoms with Gasteiger partial charge in [-0.15, -0.1) is 0 Å². The van der Waals surface area contributed by atoms with E-state index in [-0.39, 0.29) is 0 Å². The van der Waals surface area contributed by atoms with E-state index in [0.29, 0.717) is 5.92 Å². The van der Waals surface area contributed by atoms with Gasteiger partial charge in [0.25, 0.3) is 0 Å². The summed E-state index contributed by atoms with van der Waals surface area (Å²) in [4.78, 5) is 4.73. The summed E-state index contributed by atoms with van der Waals surface area (Å²) >= 11 is 0. The molecule has 2 aromatic heterocycles. The highest BCUT2D eigenvalue weighted by atomic mass is 16.3. The van der Waals surface area contributed by atoms with E-state index in [1.54, 1.807) is 0 Å². The van der Waals surface area contributed by atoms with E-state index >= 15 is 0 Å². The van der Waals surface area contributed by atoms with E-state index in [9.17, 15) is 0 Å². The maximum atomic E-state index is 6.39. The normalized spacial score (nSPS) is 11.6. The molecule has 142 valence electrons. The number of para-hydroxylation sites is 1. The number of aryl methyl sites for hydroxylation is 1. The molecule has 2 heteroatoms. The minimum atomic E-state index is 0.455. The van der Waals surface area contributed by atoms with Crippen molar-refractivity contribution in [1.82, 2.24) is 4.98 Å². The van der Waals surface area contributed by atoms with Crippen molar-refractivity contribution in [3.63, 3.8) is 0 Å². The quantitative estimate of drug-likeness (QED) is 0.321. The molecule has 2 nitrogen and oxygen atoms in total. The second-order valence-electron chi connectivity index (χ2n) is 7.91. The Balaban J connectivity index is 1.80. The first-order valence-corrected chi connectivity index (χ1v) is 10.1.